The van der Waals surface area contributed by atoms with Gasteiger partial charge in [-0.3, -0.25) is 23.5 Å². The van der Waals surface area contributed by atoms with Gasteiger partial charge in [-0.25, -0.2) is 4.98 Å². The third kappa shape index (κ3) is 3.63. The van der Waals surface area contributed by atoms with Gasteiger partial charge in [0, 0.05) is 26.7 Å². The lowest BCUT2D eigenvalue weighted by molar-refractivity contribution is 0.0986. The third-order valence-electron chi connectivity index (χ3n) is 5.38. The van der Waals surface area contributed by atoms with Crippen LogP contribution in [0, 0.1) is 17.3 Å². The van der Waals surface area contributed by atoms with Crippen molar-refractivity contribution >= 4 is 29.4 Å². The summed E-state index contributed by atoms with van der Waals surface area (Å²) >= 11 is 0. The lowest BCUT2D eigenvalue weighted by Crippen LogP contribution is -2.58. The number of fused-ring (bicyclic) bond motifs is 1. The van der Waals surface area contributed by atoms with Crippen molar-refractivity contribution < 1.29 is 9.59 Å². The molecule has 0 bridgehead atoms. The lowest BCUT2D eigenvalue weighted by atomic mass is 9.84. The Morgan fingerprint density at radius 2 is 1.97 bits per heavy atom. The van der Waals surface area contributed by atoms with E-state index in [1.54, 1.807) is 16.4 Å². The number of carbonyl (C=O) groups is 1. The fourth-order valence-corrected chi connectivity index (χ4v) is 3.73. The second-order valence-electron chi connectivity index (χ2n) is 8.37. The zero-order chi connectivity index (χ0) is 22.2. The molecule has 0 saturated carbocycles. The molecule has 10 nitrogen and oxygen atoms in total. The number of anilines is 1. The minimum atomic E-state index is -0.802. The van der Waals surface area contributed by atoms with Crippen molar-refractivity contribution in [3.8, 4) is 11.8 Å². The fourth-order valence-electron chi connectivity index (χ4n) is 3.73. The smallest absolute Gasteiger partial charge is 0.312 e. The van der Waals surface area contributed by atoms with Gasteiger partial charge in [0.1, 0.15) is 0 Å². The number of rotatable bonds is 4. The Morgan fingerprint density at radius 3 is 2.53 bits per heavy atom. The van der Waals surface area contributed by atoms with Crippen molar-refractivity contribution in [3.05, 3.63) is 16.2 Å². The molecule has 2 aromatic heterocycles. The number of hydrogen-bond donors (Lipinski definition) is 1. The highest BCUT2D eigenvalue weighted by Crippen LogP contribution is 2.29. The first-order valence-electron chi connectivity index (χ1n) is 9.66. The summed E-state index contributed by atoms with van der Waals surface area (Å²) in [5.41, 5.74) is 5.18. The molecule has 2 aromatic rings. The normalized spacial score (nSPS) is 17.0. The molecule has 2 amide bonds. The van der Waals surface area contributed by atoms with Crippen LogP contribution >= 0.6 is 0 Å². The van der Waals surface area contributed by atoms with Crippen molar-refractivity contribution in [1.82, 2.24) is 24.0 Å². The van der Waals surface area contributed by atoms with Crippen LogP contribution in [-0.2, 0) is 18.4 Å². The summed E-state index contributed by atoms with van der Waals surface area (Å²) in [5.74, 6) is 5.38. The molecule has 0 spiro atoms. The Bertz CT molecular complexity index is 1110. The molecule has 1 aliphatic heterocycles. The van der Waals surface area contributed by atoms with Gasteiger partial charge in [-0.1, -0.05) is 26.7 Å². The minimum Gasteiger partial charge on any atom is -0.363 e. The predicted octanol–water partition coefficient (Wildman–Crippen LogP) is -0.144. The first-order valence-corrected chi connectivity index (χ1v) is 9.66. The number of nitrogens with zero attached hydrogens (tertiary/aromatic N) is 6. The van der Waals surface area contributed by atoms with E-state index in [-0.39, 0.29) is 35.0 Å². The molecule has 30 heavy (non-hydrogen) atoms. The van der Waals surface area contributed by atoms with E-state index >= 15 is 0 Å². The van der Waals surface area contributed by atoms with Gasteiger partial charge in [-0.2, -0.15) is 4.98 Å². The van der Waals surface area contributed by atoms with Crippen LogP contribution in [0.3, 0.4) is 0 Å². The number of amides is 2. The van der Waals surface area contributed by atoms with E-state index in [2.05, 4.69) is 42.6 Å². The SMILES string of the molecule is CC#CCn1c(N2CCN([C]=O)C(C(C)(C)C)C2)nc2nc(C(N)=O)n(C)c(=O)c21. The van der Waals surface area contributed by atoms with Crippen LogP contribution in [0.25, 0.3) is 11.2 Å². The monoisotopic (exact) mass is 412 g/mol. The minimum absolute atomic E-state index is 0.0914. The average Bonchev–Trinajstić information content (AvgIpc) is 3.06. The predicted molar refractivity (Wildman–Crippen MR) is 113 cm³/mol. The molecule has 2 N–H and O–H groups in total. The highest BCUT2D eigenvalue weighted by atomic mass is 16.2. The summed E-state index contributed by atoms with van der Waals surface area (Å²) in [5, 5.41) is 0. The zero-order valence-electron chi connectivity index (χ0n) is 17.9. The molecule has 3 heterocycles. The number of primary amides is 1. The Morgan fingerprint density at radius 1 is 1.27 bits per heavy atom. The molecule has 1 fully saturated rings. The summed E-state index contributed by atoms with van der Waals surface area (Å²) in [6, 6.07) is -0.0914. The van der Waals surface area contributed by atoms with Crippen molar-refractivity contribution in [3.63, 3.8) is 0 Å². The Balaban J connectivity index is 2.18. The maximum Gasteiger partial charge on any atom is 0.312 e. The largest absolute Gasteiger partial charge is 0.363 e. The third-order valence-corrected chi connectivity index (χ3v) is 5.38. The number of aromatic nitrogens is 4. The van der Waals surface area contributed by atoms with E-state index in [1.807, 2.05) is 11.3 Å². The molecular weight excluding hydrogens is 386 g/mol. The van der Waals surface area contributed by atoms with Crippen molar-refractivity contribution in [1.29, 1.82) is 0 Å². The maximum atomic E-state index is 13.0. The average molecular weight is 412 g/mol. The Kier molecular flexibility index (Phi) is 5.57. The number of imidazole rings is 1. The van der Waals surface area contributed by atoms with Gasteiger partial charge >= 0.3 is 6.41 Å². The number of hydrogen-bond acceptors (Lipinski definition) is 6. The van der Waals surface area contributed by atoms with E-state index < -0.39 is 11.5 Å². The highest BCUT2D eigenvalue weighted by Gasteiger charge is 2.37. The number of carbonyl (C=O) groups excluding carboxylic acids is 2. The summed E-state index contributed by atoms with van der Waals surface area (Å²) in [4.78, 5) is 48.6. The number of piperazine rings is 1. The molecule has 1 radical (unpaired) electrons. The van der Waals surface area contributed by atoms with Gasteiger partial charge in [-0.05, 0) is 12.3 Å². The maximum absolute atomic E-state index is 13.0. The summed E-state index contributed by atoms with van der Waals surface area (Å²) < 4.78 is 2.84. The first-order chi connectivity index (χ1) is 14.1. The Hall–Kier alpha value is -3.35. The molecule has 1 aliphatic rings. The molecule has 1 unspecified atom stereocenters. The van der Waals surface area contributed by atoms with E-state index in [1.165, 1.54) is 7.05 Å². The zero-order valence-corrected chi connectivity index (χ0v) is 17.9. The lowest BCUT2D eigenvalue weighted by Gasteiger charge is -2.45. The van der Waals surface area contributed by atoms with Gasteiger partial charge in [0.15, 0.2) is 11.2 Å². The highest BCUT2D eigenvalue weighted by molar-refractivity contribution is 5.91. The molecule has 1 saturated heterocycles. The fraction of sp³-hybridized carbons (Fsp3) is 0.550. The van der Waals surface area contributed by atoms with Gasteiger partial charge in [0.05, 0.1) is 12.6 Å². The van der Waals surface area contributed by atoms with Crippen molar-refractivity contribution in [2.24, 2.45) is 18.2 Å². The van der Waals surface area contributed by atoms with Gasteiger partial charge < -0.3 is 15.5 Å². The van der Waals surface area contributed by atoms with Gasteiger partial charge in [0.25, 0.3) is 11.5 Å². The first kappa shape index (κ1) is 21.4. The molecule has 1 atom stereocenters. The van der Waals surface area contributed by atoms with Crippen LogP contribution < -0.4 is 16.2 Å². The topological polar surface area (TPSA) is 119 Å². The summed E-state index contributed by atoms with van der Waals surface area (Å²) in [6.07, 6.45) is 2.03. The molecule has 159 valence electrons. The van der Waals surface area contributed by atoms with Crippen LogP contribution in [0.4, 0.5) is 5.95 Å². The molecule has 10 heteroatoms. The van der Waals surface area contributed by atoms with Crippen molar-refractivity contribution in [2.75, 3.05) is 24.5 Å². The number of nitrogens with two attached hydrogens (primary N) is 1. The second kappa shape index (κ2) is 7.82. The van der Waals surface area contributed by atoms with E-state index in [4.69, 9.17) is 5.73 Å². The van der Waals surface area contributed by atoms with E-state index in [9.17, 15) is 14.4 Å². The van der Waals surface area contributed by atoms with Crippen LogP contribution in [0.5, 0.6) is 0 Å². The van der Waals surface area contributed by atoms with Gasteiger partial charge in [-0.15, -0.1) is 5.92 Å². The van der Waals surface area contributed by atoms with Gasteiger partial charge in [0.2, 0.25) is 11.8 Å². The van der Waals surface area contributed by atoms with Crippen LogP contribution in [0.15, 0.2) is 4.79 Å². The van der Waals surface area contributed by atoms with E-state index in [0.717, 1.165) is 4.57 Å². The Labute approximate surface area is 174 Å². The molecule has 0 aliphatic carbocycles. The molecule has 0 aromatic carbocycles. The molecule has 3 rings (SSSR count). The standard InChI is InChI=1S/C20H26N7O3/c1-6-7-8-27-14-16(22-17(15(21)29)24(5)18(14)30)23-19(27)25-9-10-26(12-28)13(11-25)20(2,3)4/h13H,8-11H2,1-5H3,(H2,21,29). The van der Waals surface area contributed by atoms with Crippen LogP contribution in [0.2, 0.25) is 0 Å². The molecular formula is C20H26N7O3. The quantitative estimate of drug-likeness (QED) is 0.698. The summed E-state index contributed by atoms with van der Waals surface area (Å²) in [7, 11) is 1.45. The van der Waals surface area contributed by atoms with Crippen molar-refractivity contribution in [2.45, 2.75) is 40.3 Å². The van der Waals surface area contributed by atoms with Crippen LogP contribution in [0.1, 0.15) is 38.3 Å². The van der Waals surface area contributed by atoms with E-state index in [0.29, 0.717) is 25.6 Å². The van der Waals surface area contributed by atoms with Crippen LogP contribution in [-0.4, -0.2) is 62.0 Å². The second-order valence-corrected chi connectivity index (χ2v) is 8.37. The summed E-state index contributed by atoms with van der Waals surface area (Å²) in [6.45, 7) is 9.67.